The van der Waals surface area contributed by atoms with Gasteiger partial charge >= 0.3 is 0 Å². The normalized spacial score (nSPS) is 52.3. The van der Waals surface area contributed by atoms with Crippen molar-refractivity contribution < 1.29 is 128 Å². The van der Waals surface area contributed by atoms with Crippen LogP contribution in [0.4, 0.5) is 0 Å². The Morgan fingerprint density at radius 3 is 1.75 bits per heavy atom. The molecule has 0 aromatic heterocycles. The van der Waals surface area contributed by atoms with Crippen LogP contribution in [0.5, 0.6) is 0 Å². The van der Waals surface area contributed by atoms with Crippen LogP contribution in [-0.4, -0.2) is 270 Å². The number of fused-ring (bicyclic) bond motifs is 5. The summed E-state index contributed by atoms with van der Waals surface area (Å²) in [4.78, 5) is 0. The van der Waals surface area contributed by atoms with Gasteiger partial charge < -0.3 is 128 Å². The smallest absolute Gasteiger partial charge is 0.187 e. The minimum Gasteiger partial charge on any atom is -0.394 e. The Bertz CT molecular complexity index is 2180. The Labute approximate surface area is 497 Å². The molecular formula is C59H100O26. The van der Waals surface area contributed by atoms with Gasteiger partial charge in [0, 0.05) is 13.5 Å². The van der Waals surface area contributed by atoms with Crippen LogP contribution in [0.3, 0.4) is 0 Å². The molecule has 9 aliphatic rings. The summed E-state index contributed by atoms with van der Waals surface area (Å²) in [6.45, 7) is 14.3. The third-order valence-electron chi connectivity index (χ3n) is 21.4. The molecule has 26 heteroatoms. The number of methoxy groups -OCH3 is 1. The van der Waals surface area contributed by atoms with Gasteiger partial charge in [-0.1, -0.05) is 45.8 Å². The van der Waals surface area contributed by atoms with Gasteiger partial charge in [0.05, 0.1) is 50.3 Å². The topological polar surface area (TPSA) is 394 Å². The molecule has 5 aliphatic heterocycles. The van der Waals surface area contributed by atoms with E-state index < -0.39 is 179 Å². The summed E-state index contributed by atoms with van der Waals surface area (Å²) in [7, 11) is 1.66. The monoisotopic (exact) mass is 1220 g/mol. The number of hydrogen-bond donors (Lipinski definition) is 14. The van der Waals surface area contributed by atoms with Crippen LogP contribution in [0.1, 0.15) is 120 Å². The molecule has 3 saturated carbocycles. The summed E-state index contributed by atoms with van der Waals surface area (Å²) in [5.41, 5.74) is 1.10. The van der Waals surface area contributed by atoms with Crippen LogP contribution in [0.2, 0.25) is 0 Å². The summed E-state index contributed by atoms with van der Waals surface area (Å²) in [6.07, 6.45) is -27.5. The highest BCUT2D eigenvalue weighted by Gasteiger charge is 2.63. The minimum absolute atomic E-state index is 0.0189. The molecule has 0 spiro atoms. The van der Waals surface area contributed by atoms with Crippen molar-refractivity contribution in [1.82, 2.24) is 0 Å². The maximum absolute atomic E-state index is 12.3. The lowest BCUT2D eigenvalue weighted by molar-refractivity contribution is -0.394. The molecule has 85 heavy (non-hydrogen) atoms. The minimum atomic E-state index is -1.88. The van der Waals surface area contributed by atoms with Gasteiger partial charge in [-0.05, 0) is 119 Å². The average molecular weight is 1230 g/mol. The van der Waals surface area contributed by atoms with Gasteiger partial charge in [0.15, 0.2) is 37.2 Å². The van der Waals surface area contributed by atoms with E-state index in [0.717, 1.165) is 38.5 Å². The van der Waals surface area contributed by atoms with Crippen molar-refractivity contribution in [2.45, 2.75) is 291 Å². The van der Waals surface area contributed by atoms with E-state index >= 15 is 0 Å². The Kier molecular flexibility index (Phi) is 22.0. The molecule has 0 aromatic carbocycles. The summed E-state index contributed by atoms with van der Waals surface area (Å²) in [6, 6.07) is 0. The zero-order valence-electron chi connectivity index (χ0n) is 50.4. The van der Waals surface area contributed by atoms with E-state index in [1.807, 2.05) is 13.8 Å². The molecule has 35 atom stereocenters. The Hall–Kier alpha value is -1.30. The van der Waals surface area contributed by atoms with Gasteiger partial charge in [0.1, 0.15) is 104 Å². The van der Waals surface area contributed by atoms with Crippen molar-refractivity contribution >= 4 is 0 Å². The lowest BCUT2D eigenvalue weighted by Crippen LogP contribution is -2.67. The fourth-order valence-electron chi connectivity index (χ4n) is 16.0. The van der Waals surface area contributed by atoms with E-state index in [-0.39, 0.29) is 35.4 Å². The molecule has 0 radical (unpaired) electrons. The standard InChI is InChI=1S/C59H100O26/c1-10-31-34(85-59(8,74-9)18-13-24(2)23-75-52-44(69)42(67)39(64)35(21-60)80-52)20-33-30-12-11-28-19-29(14-16-57(28,6)32(30)15-17-58(31,33)7)79-56-51(84-54-46(71)41(66)38(63)26(4)77-54)48(73)50(36(22-61)81-56)83-55-47(72)43(68)49(27(5)78-55)82-53-45(70)40(65)37(62)25(3)76-53/h11,24-27,29-56,60-73H,10,12-23H2,1-9H3/t24-,25?,26?,27?,29+,30-,31+,32+,33+,34+,35?,36?,37+,38+,39-,40?,41?,42+,43?,44?,45+,46+,47+,48+,49+,50-,51?,52-,53+,54+,55+,56-,57+,58-,59+/m1/s1. The number of aliphatic hydroxyl groups is 14. The van der Waals surface area contributed by atoms with Crippen LogP contribution in [0, 0.1) is 40.4 Å². The molecule has 0 bridgehead atoms. The van der Waals surface area contributed by atoms with Gasteiger partial charge in [-0.2, -0.15) is 0 Å². The summed E-state index contributed by atoms with van der Waals surface area (Å²) in [5.74, 6) is 0.473. The highest BCUT2D eigenvalue weighted by Crippen LogP contribution is 2.67. The number of ether oxygens (including phenoxy) is 12. The molecule has 14 N–H and O–H groups in total. The molecule has 5 saturated heterocycles. The molecular weight excluding hydrogens is 1120 g/mol. The maximum atomic E-state index is 12.3. The highest BCUT2D eigenvalue weighted by molar-refractivity contribution is 5.26. The van der Waals surface area contributed by atoms with Crippen molar-refractivity contribution in [3.8, 4) is 0 Å². The molecule has 26 nitrogen and oxygen atoms in total. The number of hydrogen-bond acceptors (Lipinski definition) is 26. The van der Waals surface area contributed by atoms with Crippen molar-refractivity contribution in [3.63, 3.8) is 0 Å². The fraction of sp³-hybridized carbons (Fsp3) is 0.966. The summed E-state index contributed by atoms with van der Waals surface area (Å²) < 4.78 is 73.5. The maximum Gasteiger partial charge on any atom is 0.187 e. The molecule has 10 unspecified atom stereocenters. The van der Waals surface area contributed by atoms with Gasteiger partial charge in [0.25, 0.3) is 0 Å². The first-order chi connectivity index (χ1) is 40.1. The lowest BCUT2D eigenvalue weighted by Gasteiger charge is -2.58. The molecule has 492 valence electrons. The number of rotatable bonds is 20. The third-order valence-corrected chi connectivity index (χ3v) is 21.4. The van der Waals surface area contributed by atoms with Crippen molar-refractivity contribution in [3.05, 3.63) is 11.6 Å². The largest absolute Gasteiger partial charge is 0.394 e. The third kappa shape index (κ3) is 13.4. The van der Waals surface area contributed by atoms with E-state index in [9.17, 15) is 71.5 Å². The first-order valence-corrected chi connectivity index (χ1v) is 31.0. The van der Waals surface area contributed by atoms with Crippen LogP contribution in [-0.2, 0) is 56.8 Å². The fourth-order valence-corrected chi connectivity index (χ4v) is 16.0. The first kappa shape index (κ1) is 68.1. The Balaban J connectivity index is 0.856. The van der Waals surface area contributed by atoms with Gasteiger partial charge in [-0.3, -0.25) is 0 Å². The van der Waals surface area contributed by atoms with Crippen LogP contribution in [0.15, 0.2) is 11.6 Å². The van der Waals surface area contributed by atoms with E-state index in [1.165, 1.54) is 26.3 Å². The molecule has 0 aromatic rings. The second-order valence-electron chi connectivity index (χ2n) is 26.8. The highest BCUT2D eigenvalue weighted by atomic mass is 16.8. The van der Waals surface area contributed by atoms with E-state index in [4.69, 9.17) is 56.8 Å². The average Bonchev–Trinajstić information content (AvgIpc) is 1.70. The summed E-state index contributed by atoms with van der Waals surface area (Å²) in [5, 5.41) is 150. The first-order valence-electron chi connectivity index (χ1n) is 31.0. The van der Waals surface area contributed by atoms with Crippen molar-refractivity contribution in [1.29, 1.82) is 0 Å². The zero-order valence-corrected chi connectivity index (χ0v) is 50.4. The zero-order chi connectivity index (χ0) is 61.9. The van der Waals surface area contributed by atoms with E-state index in [1.54, 1.807) is 7.11 Å². The van der Waals surface area contributed by atoms with E-state index in [0.29, 0.717) is 43.4 Å². The SMILES string of the molecule is CC[C@H]1[C@@H](O[C@@](C)(CC[C@@H](C)CO[C@@H]2OC(CO)[C@@H](O)[C@H](O)C2O)OC)C[C@H]2[C@@H]3CC=C4C[C@@H](O[C@@H]5OC(CO)[C@@H](O[C@@H]6OC(C)[C@H](O[C@@H]7OC(C)[C@H](O)C(O)[C@@H]7O)C(O)[C@@H]6O)[C@H](O)C5O[C@@H]5OC(C)[C@H](O)C(O)[C@@H]5O)CC[C@]4(C)[C@H]3CC[C@@]21C. The second kappa shape index (κ2) is 27.5. The predicted molar refractivity (Wildman–Crippen MR) is 292 cm³/mol. The van der Waals surface area contributed by atoms with Gasteiger partial charge in [-0.25, -0.2) is 0 Å². The Morgan fingerprint density at radius 2 is 1.15 bits per heavy atom. The molecule has 5 heterocycles. The quantitative estimate of drug-likeness (QED) is 0.0477. The van der Waals surface area contributed by atoms with E-state index in [2.05, 4.69) is 26.8 Å². The van der Waals surface area contributed by atoms with Crippen LogP contribution >= 0.6 is 0 Å². The molecule has 8 fully saturated rings. The second-order valence-corrected chi connectivity index (χ2v) is 26.8. The molecule has 9 rings (SSSR count). The van der Waals surface area contributed by atoms with Crippen molar-refractivity contribution in [2.75, 3.05) is 26.9 Å². The Morgan fingerprint density at radius 1 is 0.600 bits per heavy atom. The predicted octanol–water partition coefficient (Wildman–Crippen LogP) is -1.69. The van der Waals surface area contributed by atoms with Crippen LogP contribution in [0.25, 0.3) is 0 Å². The van der Waals surface area contributed by atoms with Crippen LogP contribution < -0.4 is 0 Å². The van der Waals surface area contributed by atoms with Gasteiger partial charge in [0.2, 0.25) is 0 Å². The lowest BCUT2D eigenvalue weighted by atomic mass is 9.47. The van der Waals surface area contributed by atoms with Gasteiger partial charge in [-0.15, -0.1) is 0 Å². The van der Waals surface area contributed by atoms with Crippen molar-refractivity contribution in [2.24, 2.45) is 40.4 Å². The number of allylic oxidation sites excluding steroid dienone is 1. The molecule has 4 aliphatic carbocycles. The molecule has 0 amide bonds. The number of aliphatic hydroxyl groups excluding tert-OH is 14. The summed E-state index contributed by atoms with van der Waals surface area (Å²) >= 11 is 0.